The van der Waals surface area contributed by atoms with E-state index in [0.29, 0.717) is 16.8 Å². The number of nitrogens with one attached hydrogen (secondary N) is 1. The van der Waals surface area contributed by atoms with E-state index in [-0.39, 0.29) is 11.7 Å². The van der Waals surface area contributed by atoms with E-state index in [9.17, 15) is 14.3 Å². The molecule has 1 atom stereocenters. The molecule has 0 heterocycles. The zero-order chi connectivity index (χ0) is 14.7. The van der Waals surface area contributed by atoms with Crippen LogP contribution in [-0.4, -0.2) is 11.0 Å². The lowest BCUT2D eigenvalue weighted by Crippen LogP contribution is -2.13. The molecule has 0 aliphatic carbocycles. The molecular formula is C16H16FNO2. The van der Waals surface area contributed by atoms with Gasteiger partial charge in [-0.05, 0) is 55.3 Å². The van der Waals surface area contributed by atoms with E-state index in [1.54, 1.807) is 38.1 Å². The number of carbonyl (C=O) groups is 1. The second kappa shape index (κ2) is 5.84. The third-order valence-electron chi connectivity index (χ3n) is 3.08. The molecular weight excluding hydrogens is 257 g/mol. The summed E-state index contributed by atoms with van der Waals surface area (Å²) in [6.07, 6.45) is -0.543. The summed E-state index contributed by atoms with van der Waals surface area (Å²) < 4.78 is 13.0. The number of hydrogen-bond acceptors (Lipinski definition) is 2. The standard InChI is InChI=1S/C16H16FNO2/c1-10-9-13(17)5-8-15(10)16(20)18-14-6-3-12(4-7-14)11(2)19/h3-9,11,19H,1-2H3,(H,18,20). The molecule has 104 valence electrons. The minimum atomic E-state index is -0.543. The van der Waals surface area contributed by atoms with Crippen molar-refractivity contribution in [2.75, 3.05) is 5.32 Å². The number of carbonyl (C=O) groups excluding carboxylic acids is 1. The van der Waals surface area contributed by atoms with E-state index in [1.807, 2.05) is 0 Å². The summed E-state index contributed by atoms with van der Waals surface area (Å²) in [5.74, 6) is -0.646. The van der Waals surface area contributed by atoms with Crippen LogP contribution in [0.1, 0.15) is 34.5 Å². The van der Waals surface area contributed by atoms with Gasteiger partial charge in [-0.25, -0.2) is 4.39 Å². The summed E-state index contributed by atoms with van der Waals surface area (Å²) in [4.78, 5) is 12.1. The van der Waals surface area contributed by atoms with Crippen LogP contribution in [0, 0.1) is 12.7 Å². The van der Waals surface area contributed by atoms with Crippen LogP contribution in [-0.2, 0) is 0 Å². The second-order valence-corrected chi connectivity index (χ2v) is 4.71. The Balaban J connectivity index is 2.15. The molecule has 0 radical (unpaired) electrons. The van der Waals surface area contributed by atoms with Gasteiger partial charge >= 0.3 is 0 Å². The number of rotatable bonds is 3. The summed E-state index contributed by atoms with van der Waals surface area (Å²) in [5, 5.41) is 12.2. The predicted molar refractivity (Wildman–Crippen MR) is 76.2 cm³/mol. The maximum Gasteiger partial charge on any atom is 0.255 e. The minimum Gasteiger partial charge on any atom is -0.389 e. The Bertz CT molecular complexity index is 621. The summed E-state index contributed by atoms with van der Waals surface area (Å²) in [5.41, 5.74) is 2.43. The predicted octanol–water partition coefficient (Wildman–Crippen LogP) is 3.44. The molecule has 2 aromatic rings. The highest BCUT2D eigenvalue weighted by Gasteiger charge is 2.10. The number of hydrogen-bond donors (Lipinski definition) is 2. The highest BCUT2D eigenvalue weighted by Crippen LogP contribution is 2.17. The van der Waals surface area contributed by atoms with Crippen molar-refractivity contribution in [1.29, 1.82) is 0 Å². The lowest BCUT2D eigenvalue weighted by atomic mass is 10.1. The molecule has 0 saturated heterocycles. The van der Waals surface area contributed by atoms with Gasteiger partial charge in [-0.1, -0.05) is 12.1 Å². The van der Waals surface area contributed by atoms with Gasteiger partial charge in [0, 0.05) is 11.3 Å². The lowest BCUT2D eigenvalue weighted by Gasteiger charge is -2.09. The van der Waals surface area contributed by atoms with Gasteiger partial charge in [-0.2, -0.15) is 0 Å². The minimum absolute atomic E-state index is 0.285. The van der Waals surface area contributed by atoms with E-state index < -0.39 is 6.10 Å². The molecule has 0 bridgehead atoms. The Morgan fingerprint density at radius 2 is 1.85 bits per heavy atom. The number of aryl methyl sites for hydroxylation is 1. The third kappa shape index (κ3) is 3.22. The molecule has 0 aliphatic rings. The quantitative estimate of drug-likeness (QED) is 0.900. The van der Waals surface area contributed by atoms with E-state index in [0.717, 1.165) is 5.56 Å². The summed E-state index contributed by atoms with van der Waals surface area (Å²) in [7, 11) is 0. The summed E-state index contributed by atoms with van der Waals surface area (Å²) >= 11 is 0. The van der Waals surface area contributed by atoms with Crippen molar-refractivity contribution in [3.05, 3.63) is 65.0 Å². The zero-order valence-electron chi connectivity index (χ0n) is 11.4. The highest BCUT2D eigenvalue weighted by atomic mass is 19.1. The number of halogens is 1. The van der Waals surface area contributed by atoms with Gasteiger partial charge < -0.3 is 10.4 Å². The van der Waals surface area contributed by atoms with Crippen molar-refractivity contribution in [3.63, 3.8) is 0 Å². The van der Waals surface area contributed by atoms with Crippen LogP contribution in [0.4, 0.5) is 10.1 Å². The van der Waals surface area contributed by atoms with E-state index in [1.165, 1.54) is 18.2 Å². The fraction of sp³-hybridized carbons (Fsp3) is 0.188. The number of amides is 1. The number of aliphatic hydroxyl groups excluding tert-OH is 1. The Morgan fingerprint density at radius 1 is 1.20 bits per heavy atom. The topological polar surface area (TPSA) is 49.3 Å². The Hall–Kier alpha value is -2.20. The van der Waals surface area contributed by atoms with Crippen LogP contribution >= 0.6 is 0 Å². The molecule has 0 spiro atoms. The first kappa shape index (κ1) is 14.2. The second-order valence-electron chi connectivity index (χ2n) is 4.71. The van der Waals surface area contributed by atoms with Crippen molar-refractivity contribution in [3.8, 4) is 0 Å². The van der Waals surface area contributed by atoms with Crippen molar-refractivity contribution in [2.24, 2.45) is 0 Å². The maximum absolute atomic E-state index is 13.0. The normalized spacial score (nSPS) is 12.0. The van der Waals surface area contributed by atoms with E-state index in [2.05, 4.69) is 5.32 Å². The van der Waals surface area contributed by atoms with Gasteiger partial charge in [0.25, 0.3) is 5.91 Å². The molecule has 2 aromatic carbocycles. The average Bonchev–Trinajstić information content (AvgIpc) is 2.39. The van der Waals surface area contributed by atoms with Gasteiger partial charge in [-0.3, -0.25) is 4.79 Å². The molecule has 0 fully saturated rings. The molecule has 2 rings (SSSR count). The Labute approximate surface area is 117 Å². The molecule has 4 heteroatoms. The molecule has 1 unspecified atom stereocenters. The van der Waals surface area contributed by atoms with Crippen LogP contribution in [0.15, 0.2) is 42.5 Å². The fourth-order valence-electron chi connectivity index (χ4n) is 1.93. The maximum atomic E-state index is 13.0. The first-order valence-electron chi connectivity index (χ1n) is 6.33. The van der Waals surface area contributed by atoms with Crippen LogP contribution in [0.5, 0.6) is 0 Å². The van der Waals surface area contributed by atoms with Crippen LogP contribution < -0.4 is 5.32 Å². The van der Waals surface area contributed by atoms with Gasteiger partial charge in [0.1, 0.15) is 5.82 Å². The number of benzene rings is 2. The molecule has 0 aliphatic heterocycles. The lowest BCUT2D eigenvalue weighted by molar-refractivity contribution is 0.102. The van der Waals surface area contributed by atoms with Gasteiger partial charge in [0.2, 0.25) is 0 Å². The van der Waals surface area contributed by atoms with Crippen molar-refractivity contribution >= 4 is 11.6 Å². The van der Waals surface area contributed by atoms with Crippen LogP contribution in [0.25, 0.3) is 0 Å². The largest absolute Gasteiger partial charge is 0.389 e. The smallest absolute Gasteiger partial charge is 0.255 e. The van der Waals surface area contributed by atoms with Crippen molar-refractivity contribution < 1.29 is 14.3 Å². The van der Waals surface area contributed by atoms with Crippen molar-refractivity contribution in [1.82, 2.24) is 0 Å². The zero-order valence-corrected chi connectivity index (χ0v) is 11.4. The van der Waals surface area contributed by atoms with E-state index >= 15 is 0 Å². The molecule has 3 nitrogen and oxygen atoms in total. The summed E-state index contributed by atoms with van der Waals surface area (Å²) in [6, 6.07) is 11.0. The van der Waals surface area contributed by atoms with Crippen LogP contribution in [0.3, 0.4) is 0 Å². The summed E-state index contributed by atoms with van der Waals surface area (Å²) in [6.45, 7) is 3.37. The molecule has 1 amide bonds. The molecule has 0 aromatic heterocycles. The van der Waals surface area contributed by atoms with Gasteiger partial charge in [0.05, 0.1) is 6.10 Å². The fourth-order valence-corrected chi connectivity index (χ4v) is 1.93. The van der Waals surface area contributed by atoms with Gasteiger partial charge in [0.15, 0.2) is 0 Å². The monoisotopic (exact) mass is 273 g/mol. The van der Waals surface area contributed by atoms with Gasteiger partial charge in [-0.15, -0.1) is 0 Å². The molecule has 0 saturated carbocycles. The first-order chi connectivity index (χ1) is 9.47. The number of aliphatic hydroxyl groups is 1. The first-order valence-corrected chi connectivity index (χ1v) is 6.33. The van der Waals surface area contributed by atoms with E-state index in [4.69, 9.17) is 0 Å². The molecule has 2 N–H and O–H groups in total. The Morgan fingerprint density at radius 3 is 2.40 bits per heavy atom. The highest BCUT2D eigenvalue weighted by molar-refractivity contribution is 6.05. The SMILES string of the molecule is Cc1cc(F)ccc1C(=O)Nc1ccc(C(C)O)cc1. The third-order valence-corrected chi connectivity index (χ3v) is 3.08. The van der Waals surface area contributed by atoms with Crippen LogP contribution in [0.2, 0.25) is 0 Å². The Kier molecular flexibility index (Phi) is 4.15. The number of anilines is 1. The molecule has 20 heavy (non-hydrogen) atoms. The van der Waals surface area contributed by atoms with Crippen molar-refractivity contribution in [2.45, 2.75) is 20.0 Å². The average molecular weight is 273 g/mol.